The number of hydrogen-bond acceptors (Lipinski definition) is 1. The number of halogens is 2. The molecule has 0 radical (unpaired) electrons. The van der Waals surface area contributed by atoms with E-state index in [9.17, 15) is 4.39 Å². The van der Waals surface area contributed by atoms with E-state index >= 15 is 0 Å². The van der Waals surface area contributed by atoms with Crippen molar-refractivity contribution < 1.29 is 4.39 Å². The molecule has 2 rings (SSSR count). The normalized spacial score (nSPS) is 13.3. The summed E-state index contributed by atoms with van der Waals surface area (Å²) in [4.78, 5) is 0. The van der Waals surface area contributed by atoms with E-state index in [1.165, 1.54) is 6.92 Å². The molecule has 0 unspecified atom stereocenters. The Hall–Kier alpha value is -1.61. The maximum atomic E-state index is 12.6. The van der Waals surface area contributed by atoms with Gasteiger partial charge in [0.1, 0.15) is 0 Å². The first-order chi connectivity index (χ1) is 9.08. The molecule has 0 N–H and O–H groups in total. The molecule has 2 nitrogen and oxygen atoms in total. The van der Waals surface area contributed by atoms with Gasteiger partial charge in [0.2, 0.25) is 0 Å². The van der Waals surface area contributed by atoms with E-state index in [1.54, 1.807) is 6.08 Å². The molecule has 0 saturated carbocycles. The number of allylic oxidation sites excluding steroid dienone is 4. The Bertz CT molecular complexity index is 637. The molecule has 1 heterocycles. The van der Waals surface area contributed by atoms with E-state index in [1.807, 2.05) is 41.9 Å². The Morgan fingerprint density at radius 3 is 2.79 bits per heavy atom. The fraction of sp³-hybridized carbons (Fsp3) is 0.267. The van der Waals surface area contributed by atoms with E-state index in [-0.39, 0.29) is 5.83 Å². The average Bonchev–Trinajstić information content (AvgIpc) is 2.66. The van der Waals surface area contributed by atoms with Crippen LogP contribution in [0.3, 0.4) is 0 Å². The Morgan fingerprint density at radius 2 is 2.05 bits per heavy atom. The van der Waals surface area contributed by atoms with Crippen LogP contribution in [0.5, 0.6) is 0 Å². The molecular weight excluding hydrogens is 263 g/mol. The number of aromatic nitrogens is 2. The minimum atomic E-state index is -0.156. The standard InChI is InChI=1S/C15H16ClFN2/c1-11(6-5-7-12(2)17)10-19-14-9-4-3-8-13(14)15(16)18-19/h3-4,6-9H,5,10H2,1-2H3/b11-6+,12-7+. The summed E-state index contributed by atoms with van der Waals surface area (Å²) in [5, 5.41) is 5.80. The number of nitrogens with zero attached hydrogens (tertiary/aromatic N) is 2. The van der Waals surface area contributed by atoms with E-state index in [4.69, 9.17) is 11.6 Å². The minimum absolute atomic E-state index is 0.156. The lowest BCUT2D eigenvalue weighted by Crippen LogP contribution is -2.00. The second kappa shape index (κ2) is 6.02. The molecule has 1 aromatic heterocycles. The van der Waals surface area contributed by atoms with Crippen LogP contribution in [-0.2, 0) is 6.54 Å². The molecule has 0 aliphatic rings. The molecule has 0 bridgehead atoms. The first-order valence-corrected chi connectivity index (χ1v) is 6.54. The Kier molecular flexibility index (Phi) is 4.38. The zero-order chi connectivity index (χ0) is 13.8. The van der Waals surface area contributed by atoms with Gasteiger partial charge in [-0.25, -0.2) is 4.39 Å². The smallest absolute Gasteiger partial charge is 0.158 e. The maximum absolute atomic E-state index is 12.6. The Morgan fingerprint density at radius 1 is 1.32 bits per heavy atom. The van der Waals surface area contributed by atoms with E-state index in [0.717, 1.165) is 16.5 Å². The van der Waals surface area contributed by atoms with Gasteiger partial charge in [-0.2, -0.15) is 5.10 Å². The molecule has 0 saturated heterocycles. The molecule has 0 aliphatic carbocycles. The predicted octanol–water partition coefficient (Wildman–Crippen LogP) is 4.90. The van der Waals surface area contributed by atoms with E-state index in [2.05, 4.69) is 5.10 Å². The highest BCUT2D eigenvalue weighted by Gasteiger charge is 2.07. The van der Waals surface area contributed by atoms with Crippen LogP contribution in [0.2, 0.25) is 5.15 Å². The van der Waals surface area contributed by atoms with Gasteiger partial charge in [-0.3, -0.25) is 4.68 Å². The SMILES string of the molecule is C/C(F)=C\C/C=C(\C)Cn1nc(Cl)c2ccccc21. The van der Waals surface area contributed by atoms with Crippen molar-refractivity contribution in [3.05, 3.63) is 53.0 Å². The van der Waals surface area contributed by atoms with Gasteiger partial charge >= 0.3 is 0 Å². The van der Waals surface area contributed by atoms with Crippen molar-refractivity contribution in [2.24, 2.45) is 0 Å². The van der Waals surface area contributed by atoms with E-state index in [0.29, 0.717) is 18.1 Å². The highest BCUT2D eigenvalue weighted by atomic mass is 35.5. The lowest BCUT2D eigenvalue weighted by atomic mass is 10.2. The molecule has 0 spiro atoms. The molecule has 19 heavy (non-hydrogen) atoms. The largest absolute Gasteiger partial charge is 0.259 e. The number of para-hydroxylation sites is 1. The summed E-state index contributed by atoms with van der Waals surface area (Å²) < 4.78 is 14.5. The van der Waals surface area contributed by atoms with Crippen LogP contribution < -0.4 is 0 Å². The third-order valence-corrected chi connectivity index (χ3v) is 3.16. The molecule has 0 atom stereocenters. The number of rotatable bonds is 4. The number of hydrogen-bond donors (Lipinski definition) is 0. The molecule has 2 aromatic rings. The molecule has 100 valence electrons. The van der Waals surface area contributed by atoms with Crippen LogP contribution in [0.4, 0.5) is 4.39 Å². The second-order valence-electron chi connectivity index (χ2n) is 4.54. The van der Waals surface area contributed by atoms with Crippen LogP contribution in [0, 0.1) is 0 Å². The summed E-state index contributed by atoms with van der Waals surface area (Å²) in [6.07, 6.45) is 4.15. The van der Waals surface area contributed by atoms with Crippen molar-refractivity contribution in [1.82, 2.24) is 9.78 Å². The minimum Gasteiger partial charge on any atom is -0.259 e. The van der Waals surface area contributed by atoms with Gasteiger partial charge in [0.15, 0.2) is 5.15 Å². The summed E-state index contributed by atoms with van der Waals surface area (Å²) >= 11 is 6.10. The van der Waals surface area contributed by atoms with Gasteiger partial charge in [0.25, 0.3) is 0 Å². The third kappa shape index (κ3) is 3.44. The number of benzene rings is 1. The lowest BCUT2D eigenvalue weighted by molar-refractivity contribution is 0.636. The molecule has 1 aromatic carbocycles. The number of fused-ring (bicyclic) bond motifs is 1. The van der Waals surface area contributed by atoms with Gasteiger partial charge in [0, 0.05) is 5.39 Å². The fourth-order valence-electron chi connectivity index (χ4n) is 1.93. The monoisotopic (exact) mass is 278 g/mol. The quantitative estimate of drug-likeness (QED) is 0.728. The summed E-state index contributed by atoms with van der Waals surface area (Å²) in [5.74, 6) is -0.156. The summed E-state index contributed by atoms with van der Waals surface area (Å²) in [7, 11) is 0. The highest BCUT2D eigenvalue weighted by Crippen LogP contribution is 2.23. The average molecular weight is 279 g/mol. The topological polar surface area (TPSA) is 17.8 Å². The lowest BCUT2D eigenvalue weighted by Gasteiger charge is -2.03. The van der Waals surface area contributed by atoms with Crippen LogP contribution in [0.1, 0.15) is 20.3 Å². The molecule has 0 amide bonds. The van der Waals surface area contributed by atoms with Crippen LogP contribution >= 0.6 is 11.6 Å². The van der Waals surface area contributed by atoms with Crippen LogP contribution in [0.25, 0.3) is 10.9 Å². The molecule has 4 heteroatoms. The van der Waals surface area contributed by atoms with Gasteiger partial charge in [-0.1, -0.05) is 35.4 Å². The fourth-order valence-corrected chi connectivity index (χ4v) is 2.18. The van der Waals surface area contributed by atoms with Crippen LogP contribution in [-0.4, -0.2) is 9.78 Å². The highest BCUT2D eigenvalue weighted by molar-refractivity contribution is 6.34. The summed E-state index contributed by atoms with van der Waals surface area (Å²) in [6.45, 7) is 4.11. The van der Waals surface area contributed by atoms with Crippen molar-refractivity contribution in [1.29, 1.82) is 0 Å². The van der Waals surface area contributed by atoms with E-state index < -0.39 is 0 Å². The van der Waals surface area contributed by atoms with Gasteiger partial charge < -0.3 is 0 Å². The predicted molar refractivity (Wildman–Crippen MR) is 78.0 cm³/mol. The van der Waals surface area contributed by atoms with Crippen LogP contribution in [0.15, 0.2) is 47.8 Å². The maximum Gasteiger partial charge on any atom is 0.158 e. The molecular formula is C15H16ClFN2. The summed E-state index contributed by atoms with van der Waals surface area (Å²) in [5.41, 5.74) is 2.14. The van der Waals surface area contributed by atoms with Gasteiger partial charge in [-0.05, 0) is 38.5 Å². The van der Waals surface area contributed by atoms with Gasteiger partial charge in [0.05, 0.1) is 17.9 Å². The summed E-state index contributed by atoms with van der Waals surface area (Å²) in [6, 6.07) is 7.85. The first kappa shape index (κ1) is 13.8. The van der Waals surface area contributed by atoms with Crippen molar-refractivity contribution >= 4 is 22.5 Å². The zero-order valence-corrected chi connectivity index (χ0v) is 11.8. The third-order valence-electron chi connectivity index (χ3n) is 2.88. The van der Waals surface area contributed by atoms with Crippen molar-refractivity contribution in [3.63, 3.8) is 0 Å². The van der Waals surface area contributed by atoms with Crippen molar-refractivity contribution in [2.45, 2.75) is 26.8 Å². The van der Waals surface area contributed by atoms with Crippen molar-refractivity contribution in [2.75, 3.05) is 0 Å². The van der Waals surface area contributed by atoms with Crippen molar-refractivity contribution in [3.8, 4) is 0 Å². The molecule has 0 aliphatic heterocycles. The molecule has 0 fully saturated rings. The Labute approximate surface area is 117 Å². The second-order valence-corrected chi connectivity index (χ2v) is 4.90. The first-order valence-electron chi connectivity index (χ1n) is 6.17. The van der Waals surface area contributed by atoms with Gasteiger partial charge in [-0.15, -0.1) is 0 Å². The zero-order valence-electron chi connectivity index (χ0n) is 11.0. The Balaban J connectivity index is 2.20.